The van der Waals surface area contributed by atoms with E-state index in [1.807, 2.05) is 34.0 Å². The highest BCUT2D eigenvalue weighted by atomic mass is 15.4. The molecule has 0 atom stereocenters. The van der Waals surface area contributed by atoms with Crippen LogP contribution in [0, 0.1) is 35.1 Å². The van der Waals surface area contributed by atoms with Crippen molar-refractivity contribution in [3.8, 4) is 12.0 Å². The molecule has 4 bridgehead atoms. The van der Waals surface area contributed by atoms with Gasteiger partial charge in [-0.1, -0.05) is 0 Å². The normalized spacial score (nSPS) is 31.1. The lowest BCUT2D eigenvalue weighted by Gasteiger charge is -2.54. The highest BCUT2D eigenvalue weighted by Crippen LogP contribution is 2.53. The standard InChI is InChI=1S/C22H29N7/c1-22(2,3)29-21(28-6-4-5-25-28)18(12-26-29)20(24-13-23)27-19-16-8-14-7-15(10-16)11-17(19)9-14/h4-6,12,14-17,19H,7-11H2,1-3H3,(H,24,27). The van der Waals surface area contributed by atoms with Crippen LogP contribution in [0.4, 0.5) is 0 Å². The number of nitrogens with one attached hydrogen (secondary N) is 1. The van der Waals surface area contributed by atoms with E-state index in [2.05, 4.69) is 41.3 Å². The van der Waals surface area contributed by atoms with Crippen LogP contribution in [-0.2, 0) is 5.54 Å². The van der Waals surface area contributed by atoms with Crippen LogP contribution in [0.2, 0.25) is 0 Å². The first-order valence-corrected chi connectivity index (χ1v) is 10.8. The second kappa shape index (κ2) is 6.72. The summed E-state index contributed by atoms with van der Waals surface area (Å²) in [6.45, 7) is 6.34. The van der Waals surface area contributed by atoms with Gasteiger partial charge < -0.3 is 5.32 Å². The van der Waals surface area contributed by atoms with Crippen molar-refractivity contribution in [3.63, 3.8) is 0 Å². The van der Waals surface area contributed by atoms with Crippen molar-refractivity contribution < 1.29 is 0 Å². The van der Waals surface area contributed by atoms with Gasteiger partial charge in [0.1, 0.15) is 0 Å². The fraction of sp³-hybridized carbons (Fsp3) is 0.636. The number of hydrogen-bond acceptors (Lipinski definition) is 4. The molecular formula is C22H29N7. The quantitative estimate of drug-likeness (QED) is 0.493. The van der Waals surface area contributed by atoms with E-state index in [1.165, 1.54) is 32.1 Å². The molecule has 4 fully saturated rings. The number of aromatic nitrogens is 4. The molecule has 0 saturated heterocycles. The van der Waals surface area contributed by atoms with Gasteiger partial charge in [0.15, 0.2) is 11.7 Å². The maximum absolute atomic E-state index is 9.44. The van der Waals surface area contributed by atoms with Crippen LogP contribution < -0.4 is 5.32 Å². The van der Waals surface area contributed by atoms with Gasteiger partial charge in [-0.15, -0.1) is 0 Å². The molecule has 2 aromatic rings. The van der Waals surface area contributed by atoms with Gasteiger partial charge in [0.2, 0.25) is 6.19 Å². The zero-order valence-electron chi connectivity index (χ0n) is 17.4. The summed E-state index contributed by atoms with van der Waals surface area (Å²) < 4.78 is 3.78. The van der Waals surface area contributed by atoms with Crippen LogP contribution in [-0.4, -0.2) is 31.4 Å². The average molecular weight is 392 g/mol. The Kier molecular flexibility index (Phi) is 4.27. The summed E-state index contributed by atoms with van der Waals surface area (Å²) in [5, 5.41) is 22.3. The molecule has 4 saturated carbocycles. The molecule has 0 aliphatic heterocycles. The molecule has 0 aromatic carbocycles. The van der Waals surface area contributed by atoms with Crippen LogP contribution in [0.25, 0.3) is 5.82 Å². The molecule has 4 aliphatic rings. The van der Waals surface area contributed by atoms with Gasteiger partial charge in [-0.05, 0) is 82.6 Å². The lowest BCUT2D eigenvalue weighted by Crippen LogP contribution is -2.56. The molecule has 2 heterocycles. The van der Waals surface area contributed by atoms with Crippen LogP contribution in [0.3, 0.4) is 0 Å². The van der Waals surface area contributed by atoms with E-state index in [0.29, 0.717) is 23.7 Å². The third-order valence-corrected chi connectivity index (χ3v) is 7.05. The Hall–Kier alpha value is -2.62. The maximum atomic E-state index is 9.44. The second-order valence-electron chi connectivity index (χ2n) is 10.1. The molecule has 0 amide bonds. The van der Waals surface area contributed by atoms with Crippen molar-refractivity contribution in [2.24, 2.45) is 28.7 Å². The Morgan fingerprint density at radius 1 is 1.14 bits per heavy atom. The summed E-state index contributed by atoms with van der Waals surface area (Å²) in [5.74, 6) is 4.69. The number of nitriles is 1. The van der Waals surface area contributed by atoms with Crippen molar-refractivity contribution >= 4 is 5.84 Å². The highest BCUT2D eigenvalue weighted by molar-refractivity contribution is 6.02. The van der Waals surface area contributed by atoms with E-state index in [1.54, 1.807) is 6.20 Å². The Morgan fingerprint density at radius 3 is 2.38 bits per heavy atom. The predicted molar refractivity (Wildman–Crippen MR) is 110 cm³/mol. The van der Waals surface area contributed by atoms with Crippen LogP contribution in [0.1, 0.15) is 58.4 Å². The third kappa shape index (κ3) is 3.15. The number of aliphatic imine (C=N–C) groups is 1. The van der Waals surface area contributed by atoms with Gasteiger partial charge >= 0.3 is 0 Å². The largest absolute Gasteiger partial charge is 0.365 e. The first kappa shape index (κ1) is 18.4. The Morgan fingerprint density at radius 2 is 1.83 bits per heavy atom. The monoisotopic (exact) mass is 391 g/mol. The van der Waals surface area contributed by atoms with Gasteiger partial charge in [-0.25, -0.2) is 9.36 Å². The van der Waals surface area contributed by atoms with Gasteiger partial charge in [0, 0.05) is 18.4 Å². The second-order valence-corrected chi connectivity index (χ2v) is 10.1. The summed E-state index contributed by atoms with van der Waals surface area (Å²) >= 11 is 0. The predicted octanol–water partition coefficient (Wildman–Crippen LogP) is 3.47. The van der Waals surface area contributed by atoms with E-state index >= 15 is 0 Å². The van der Waals surface area contributed by atoms with Crippen LogP contribution >= 0.6 is 0 Å². The van der Waals surface area contributed by atoms with Gasteiger partial charge in [0.25, 0.3) is 0 Å². The van der Waals surface area contributed by atoms with Crippen molar-refractivity contribution in [1.29, 1.82) is 5.26 Å². The zero-order chi connectivity index (χ0) is 20.2. The molecule has 7 nitrogen and oxygen atoms in total. The van der Waals surface area contributed by atoms with Crippen LogP contribution in [0.15, 0.2) is 29.6 Å². The highest BCUT2D eigenvalue weighted by Gasteiger charge is 2.48. The van der Waals surface area contributed by atoms with Gasteiger partial charge in [-0.2, -0.15) is 20.5 Å². The van der Waals surface area contributed by atoms with E-state index in [4.69, 9.17) is 0 Å². The number of nitrogens with zero attached hydrogens (tertiary/aromatic N) is 6. The molecule has 0 unspecified atom stereocenters. The lowest BCUT2D eigenvalue weighted by molar-refractivity contribution is -0.00681. The lowest BCUT2D eigenvalue weighted by atomic mass is 9.54. The smallest absolute Gasteiger partial charge is 0.207 e. The van der Waals surface area contributed by atoms with Crippen molar-refractivity contribution in [2.75, 3.05) is 0 Å². The van der Waals surface area contributed by atoms with Gasteiger partial charge in [0.05, 0.1) is 17.3 Å². The number of hydrogen-bond donors (Lipinski definition) is 1. The summed E-state index contributed by atoms with van der Waals surface area (Å²) in [7, 11) is 0. The molecule has 1 N–H and O–H groups in total. The molecule has 152 valence electrons. The first-order chi connectivity index (χ1) is 13.9. The fourth-order valence-corrected chi connectivity index (χ4v) is 6.15. The Balaban J connectivity index is 1.52. The van der Waals surface area contributed by atoms with Crippen molar-refractivity contribution in [2.45, 2.75) is 64.5 Å². The summed E-state index contributed by atoms with van der Waals surface area (Å²) in [6, 6.07) is 2.30. The topological polar surface area (TPSA) is 83.8 Å². The fourth-order valence-electron chi connectivity index (χ4n) is 6.15. The van der Waals surface area contributed by atoms with Crippen LogP contribution in [0.5, 0.6) is 0 Å². The summed E-state index contributed by atoms with van der Waals surface area (Å²) in [6.07, 6.45) is 14.2. The maximum Gasteiger partial charge on any atom is 0.207 e. The Bertz CT molecular complexity index is 926. The van der Waals surface area contributed by atoms with Crippen molar-refractivity contribution in [3.05, 3.63) is 30.2 Å². The molecule has 2 aromatic heterocycles. The molecule has 4 aliphatic carbocycles. The zero-order valence-corrected chi connectivity index (χ0v) is 17.4. The van der Waals surface area contributed by atoms with E-state index in [9.17, 15) is 5.26 Å². The van der Waals surface area contributed by atoms with Crippen molar-refractivity contribution in [1.82, 2.24) is 24.9 Å². The number of rotatable bonds is 3. The summed E-state index contributed by atoms with van der Waals surface area (Å²) in [4.78, 5) is 4.23. The minimum absolute atomic E-state index is 0.222. The van der Waals surface area contributed by atoms with E-state index < -0.39 is 0 Å². The molecule has 6 rings (SSSR count). The van der Waals surface area contributed by atoms with E-state index in [-0.39, 0.29) is 5.54 Å². The Labute approximate surface area is 171 Å². The third-order valence-electron chi connectivity index (χ3n) is 7.05. The SMILES string of the molecule is CC(C)(C)n1ncc(C(=NC#N)NC2C3CC4CC(C3)CC2C4)c1-n1cccn1. The number of amidine groups is 1. The minimum Gasteiger partial charge on any atom is -0.365 e. The van der Waals surface area contributed by atoms with E-state index in [0.717, 1.165) is 23.2 Å². The average Bonchev–Trinajstić information content (AvgIpc) is 3.31. The molecule has 7 heteroatoms. The summed E-state index contributed by atoms with van der Waals surface area (Å²) in [5.41, 5.74) is 0.610. The van der Waals surface area contributed by atoms with Gasteiger partial charge in [-0.3, -0.25) is 0 Å². The first-order valence-electron chi connectivity index (χ1n) is 10.8. The minimum atomic E-state index is -0.222. The molecular weight excluding hydrogens is 362 g/mol. The molecule has 29 heavy (non-hydrogen) atoms. The molecule has 0 radical (unpaired) electrons. The molecule has 0 spiro atoms.